The molecular formula is C12H19N3OS. The Morgan fingerprint density at radius 1 is 1.53 bits per heavy atom. The summed E-state index contributed by atoms with van der Waals surface area (Å²) in [6, 6.07) is 1.97. The summed E-state index contributed by atoms with van der Waals surface area (Å²) in [5, 5.41) is 3.72. The summed E-state index contributed by atoms with van der Waals surface area (Å²) >= 11 is 1.96. The van der Waals surface area contributed by atoms with Crippen molar-refractivity contribution in [1.29, 1.82) is 0 Å². The first-order valence-corrected chi connectivity index (χ1v) is 7.10. The monoisotopic (exact) mass is 253 g/mol. The molecular weight excluding hydrogens is 234 g/mol. The van der Waals surface area contributed by atoms with Crippen LogP contribution >= 0.6 is 11.8 Å². The number of aromatic nitrogens is 2. The first-order valence-electron chi connectivity index (χ1n) is 6.05. The summed E-state index contributed by atoms with van der Waals surface area (Å²) in [6.45, 7) is 3.49. The average Bonchev–Trinajstić information content (AvgIpc) is 2.83. The summed E-state index contributed by atoms with van der Waals surface area (Å²) in [6.07, 6.45) is 2.45. The molecule has 2 heterocycles. The fourth-order valence-electron chi connectivity index (χ4n) is 1.94. The normalized spacial score (nSPS) is 19.5. The van der Waals surface area contributed by atoms with Crippen molar-refractivity contribution < 1.29 is 4.74 Å². The van der Waals surface area contributed by atoms with Gasteiger partial charge in [-0.25, -0.2) is 9.97 Å². The van der Waals surface area contributed by atoms with Crippen LogP contribution in [0.5, 0.6) is 0 Å². The molecule has 0 radical (unpaired) electrons. The van der Waals surface area contributed by atoms with Gasteiger partial charge in [0, 0.05) is 19.7 Å². The summed E-state index contributed by atoms with van der Waals surface area (Å²) in [4.78, 5) is 9.18. The van der Waals surface area contributed by atoms with Crippen molar-refractivity contribution in [2.45, 2.75) is 31.6 Å². The lowest BCUT2D eigenvalue weighted by atomic mass is 10.2. The maximum Gasteiger partial charge on any atom is 0.144 e. The first-order chi connectivity index (χ1) is 8.33. The molecule has 1 aliphatic rings. The van der Waals surface area contributed by atoms with Crippen molar-refractivity contribution in [2.24, 2.45) is 0 Å². The lowest BCUT2D eigenvalue weighted by molar-refractivity contribution is 0.181. The number of ether oxygens (including phenoxy) is 1. The number of nitrogens with one attached hydrogen (secondary N) is 1. The van der Waals surface area contributed by atoms with Gasteiger partial charge < -0.3 is 10.1 Å². The van der Waals surface area contributed by atoms with Crippen molar-refractivity contribution in [3.05, 3.63) is 17.6 Å². The zero-order valence-corrected chi connectivity index (χ0v) is 11.2. The lowest BCUT2D eigenvalue weighted by Crippen LogP contribution is -2.08. The van der Waals surface area contributed by atoms with Crippen molar-refractivity contribution in [3.63, 3.8) is 0 Å². The van der Waals surface area contributed by atoms with Crippen LogP contribution in [0.3, 0.4) is 0 Å². The summed E-state index contributed by atoms with van der Waals surface area (Å²) in [5.74, 6) is 3.09. The van der Waals surface area contributed by atoms with Crippen LogP contribution in [0.2, 0.25) is 0 Å². The van der Waals surface area contributed by atoms with Crippen LogP contribution in [0.15, 0.2) is 6.07 Å². The standard InChI is InChI=1S/C12H19N3OS/c1-3-13-11-7-9(8-16-2)14-12(15-11)10-5-4-6-17-10/h7,10H,3-6,8H2,1-2H3,(H,13,14,15). The number of hydrogen-bond acceptors (Lipinski definition) is 5. The maximum absolute atomic E-state index is 5.15. The van der Waals surface area contributed by atoms with Crippen molar-refractivity contribution in [1.82, 2.24) is 9.97 Å². The molecule has 1 unspecified atom stereocenters. The Labute approximate surface area is 107 Å². The van der Waals surface area contributed by atoms with E-state index >= 15 is 0 Å². The van der Waals surface area contributed by atoms with Gasteiger partial charge in [-0.3, -0.25) is 0 Å². The van der Waals surface area contributed by atoms with Crippen molar-refractivity contribution in [3.8, 4) is 0 Å². The van der Waals surface area contributed by atoms with Crippen molar-refractivity contribution in [2.75, 3.05) is 24.7 Å². The van der Waals surface area contributed by atoms with Crippen LogP contribution in [-0.2, 0) is 11.3 Å². The highest BCUT2D eigenvalue weighted by Crippen LogP contribution is 2.38. The Balaban J connectivity index is 2.22. The number of methoxy groups -OCH3 is 1. The topological polar surface area (TPSA) is 47.0 Å². The third kappa shape index (κ3) is 3.33. The molecule has 1 fully saturated rings. The molecule has 0 amide bonds. The van der Waals surface area contributed by atoms with Crippen LogP contribution < -0.4 is 5.32 Å². The highest BCUT2D eigenvalue weighted by molar-refractivity contribution is 7.99. The van der Waals surface area contributed by atoms with Crippen molar-refractivity contribution >= 4 is 17.6 Å². The highest BCUT2D eigenvalue weighted by atomic mass is 32.2. The fourth-order valence-corrected chi connectivity index (χ4v) is 3.14. The zero-order chi connectivity index (χ0) is 12.1. The van der Waals surface area contributed by atoms with E-state index in [9.17, 15) is 0 Å². The third-order valence-electron chi connectivity index (χ3n) is 2.66. The Bertz CT molecular complexity index is 343. The van der Waals surface area contributed by atoms with Crippen LogP contribution in [0.1, 0.15) is 36.5 Å². The second-order valence-corrected chi connectivity index (χ2v) is 5.38. The van der Waals surface area contributed by atoms with E-state index in [0.29, 0.717) is 11.9 Å². The fraction of sp³-hybridized carbons (Fsp3) is 0.667. The van der Waals surface area contributed by atoms with E-state index < -0.39 is 0 Å². The first kappa shape index (κ1) is 12.6. The molecule has 0 spiro atoms. The largest absolute Gasteiger partial charge is 0.378 e. The van der Waals surface area contributed by atoms with Gasteiger partial charge >= 0.3 is 0 Å². The maximum atomic E-state index is 5.15. The highest BCUT2D eigenvalue weighted by Gasteiger charge is 2.21. The van der Waals surface area contributed by atoms with Crippen LogP contribution in [-0.4, -0.2) is 29.4 Å². The van der Waals surface area contributed by atoms with E-state index in [1.807, 2.05) is 17.8 Å². The van der Waals surface area contributed by atoms with Gasteiger partial charge in [0.05, 0.1) is 17.6 Å². The van der Waals surface area contributed by atoms with Gasteiger partial charge in [0.15, 0.2) is 0 Å². The molecule has 1 aromatic heterocycles. The molecule has 4 nitrogen and oxygen atoms in total. The minimum atomic E-state index is 0.462. The Morgan fingerprint density at radius 3 is 3.06 bits per heavy atom. The van der Waals surface area contributed by atoms with Crippen LogP contribution in [0.25, 0.3) is 0 Å². The third-order valence-corrected chi connectivity index (χ3v) is 4.04. The summed E-state index contributed by atoms with van der Waals surface area (Å²) < 4.78 is 5.15. The summed E-state index contributed by atoms with van der Waals surface area (Å²) in [5.41, 5.74) is 0.959. The second-order valence-electron chi connectivity index (χ2n) is 4.07. The van der Waals surface area contributed by atoms with E-state index in [2.05, 4.69) is 22.2 Å². The Morgan fingerprint density at radius 2 is 2.41 bits per heavy atom. The molecule has 5 heteroatoms. The average molecular weight is 253 g/mol. The van der Waals surface area contributed by atoms with Gasteiger partial charge in [-0.1, -0.05) is 0 Å². The number of hydrogen-bond donors (Lipinski definition) is 1. The van der Waals surface area contributed by atoms with Crippen LogP contribution in [0.4, 0.5) is 5.82 Å². The molecule has 1 atom stereocenters. The molecule has 1 aliphatic heterocycles. The quantitative estimate of drug-likeness (QED) is 0.874. The number of thioether (sulfide) groups is 1. The van der Waals surface area contributed by atoms with Gasteiger partial charge in [0.2, 0.25) is 0 Å². The second kappa shape index (κ2) is 6.21. The minimum Gasteiger partial charge on any atom is -0.378 e. The molecule has 0 bridgehead atoms. The molecule has 1 N–H and O–H groups in total. The molecule has 17 heavy (non-hydrogen) atoms. The SMILES string of the molecule is CCNc1cc(COC)nc(C2CCCS2)n1. The van der Waals surface area contributed by atoms with Gasteiger partial charge in [0.25, 0.3) is 0 Å². The molecule has 0 aromatic carbocycles. The molecule has 0 saturated carbocycles. The van der Waals surface area contributed by atoms with Gasteiger partial charge in [-0.05, 0) is 25.5 Å². The zero-order valence-electron chi connectivity index (χ0n) is 10.4. The number of anilines is 1. The van der Waals surface area contributed by atoms with E-state index in [1.165, 1.54) is 18.6 Å². The van der Waals surface area contributed by atoms with E-state index in [1.54, 1.807) is 7.11 Å². The van der Waals surface area contributed by atoms with Gasteiger partial charge in [0.1, 0.15) is 11.6 Å². The summed E-state index contributed by atoms with van der Waals surface area (Å²) in [7, 11) is 1.69. The molecule has 0 aliphatic carbocycles. The van der Waals surface area contributed by atoms with E-state index in [-0.39, 0.29) is 0 Å². The predicted octanol–water partition coefficient (Wildman–Crippen LogP) is 2.62. The molecule has 1 aromatic rings. The Kier molecular flexibility index (Phi) is 4.62. The smallest absolute Gasteiger partial charge is 0.144 e. The van der Waals surface area contributed by atoms with Gasteiger partial charge in [-0.15, -0.1) is 0 Å². The minimum absolute atomic E-state index is 0.462. The number of nitrogens with zero attached hydrogens (tertiary/aromatic N) is 2. The van der Waals surface area contributed by atoms with Gasteiger partial charge in [-0.2, -0.15) is 11.8 Å². The molecule has 94 valence electrons. The lowest BCUT2D eigenvalue weighted by Gasteiger charge is -2.12. The van der Waals surface area contributed by atoms with Crippen LogP contribution in [0, 0.1) is 0 Å². The van der Waals surface area contributed by atoms with E-state index in [4.69, 9.17) is 4.74 Å². The number of rotatable bonds is 5. The molecule has 1 saturated heterocycles. The predicted molar refractivity (Wildman–Crippen MR) is 71.3 cm³/mol. The van der Waals surface area contributed by atoms with E-state index in [0.717, 1.165) is 23.9 Å². The molecule has 2 rings (SSSR count). The Hall–Kier alpha value is -0.810.